The summed E-state index contributed by atoms with van der Waals surface area (Å²) in [5, 5.41) is 9.01. The largest absolute Gasteiger partial charge is 0.411 e. The summed E-state index contributed by atoms with van der Waals surface area (Å²) in [6.45, 7) is 15.2. The van der Waals surface area contributed by atoms with Crippen LogP contribution in [0.2, 0.25) is 18.1 Å². The third-order valence-corrected chi connectivity index (χ3v) is 10.8. The van der Waals surface area contributed by atoms with Gasteiger partial charge in [-0.2, -0.15) is 0 Å². The molecule has 178 valence electrons. The predicted molar refractivity (Wildman–Crippen MR) is 133 cm³/mol. The normalized spacial score (nSPS) is 12.2. The first kappa shape index (κ1) is 24.8. The standard InChI is InChI=1S/C15H24N2O2Si.C9H10N2O2/c1-11-7-8-17-9-12(16-14(18)13(11)17)10-19-20(5,6)15(2,3)4;1-6-2-3-11-4-7(5-12)10-9(13)8(6)11/h7-9H,10H2,1-6H3,(H,16,18);2-4,12H,5H2,1H3,(H,10,13). The molecule has 0 aliphatic carbocycles. The van der Waals surface area contributed by atoms with Gasteiger partial charge in [0.05, 0.1) is 24.6 Å². The Morgan fingerprint density at radius 2 is 1.36 bits per heavy atom. The van der Waals surface area contributed by atoms with Gasteiger partial charge in [-0.05, 0) is 55.2 Å². The second-order valence-corrected chi connectivity index (χ2v) is 14.7. The number of hydrogen-bond acceptors (Lipinski definition) is 4. The number of hydrogen-bond donors (Lipinski definition) is 3. The summed E-state index contributed by atoms with van der Waals surface area (Å²) in [5.74, 6) is 0. The Morgan fingerprint density at radius 3 is 1.82 bits per heavy atom. The van der Waals surface area contributed by atoms with Crippen LogP contribution in [-0.4, -0.2) is 32.2 Å². The van der Waals surface area contributed by atoms with Crippen molar-refractivity contribution in [3.63, 3.8) is 0 Å². The lowest BCUT2D eigenvalue weighted by Gasteiger charge is -2.36. The van der Waals surface area contributed by atoms with E-state index < -0.39 is 8.32 Å². The Hall–Kier alpha value is -2.88. The molecule has 4 aromatic rings. The lowest BCUT2D eigenvalue weighted by atomic mass is 10.2. The Kier molecular flexibility index (Phi) is 6.87. The molecule has 4 aromatic heterocycles. The third-order valence-electron chi connectivity index (χ3n) is 6.37. The van der Waals surface area contributed by atoms with E-state index in [0.29, 0.717) is 23.3 Å². The van der Waals surface area contributed by atoms with E-state index in [0.717, 1.165) is 16.8 Å². The SMILES string of the molecule is Cc1ccn2cc(CO)[nH]c(=O)c12.Cc1ccn2cc(CO[Si](C)(C)C(C)(C)C)[nH]c(=O)c12. The van der Waals surface area contributed by atoms with Crippen LogP contribution < -0.4 is 11.1 Å². The molecule has 0 bridgehead atoms. The maximum Gasteiger partial charge on any atom is 0.272 e. The van der Waals surface area contributed by atoms with Crippen molar-refractivity contribution in [2.75, 3.05) is 0 Å². The van der Waals surface area contributed by atoms with Gasteiger partial charge in [-0.15, -0.1) is 0 Å². The van der Waals surface area contributed by atoms with E-state index in [9.17, 15) is 9.59 Å². The van der Waals surface area contributed by atoms with Crippen LogP contribution in [0, 0.1) is 13.8 Å². The zero-order valence-corrected chi connectivity index (χ0v) is 21.4. The maximum absolute atomic E-state index is 12.1. The van der Waals surface area contributed by atoms with Crippen LogP contribution in [0.1, 0.15) is 43.3 Å². The average Bonchev–Trinajstić information content (AvgIpc) is 3.29. The van der Waals surface area contributed by atoms with Gasteiger partial charge in [-0.3, -0.25) is 9.59 Å². The van der Waals surface area contributed by atoms with E-state index in [1.807, 2.05) is 42.8 Å². The smallest absolute Gasteiger partial charge is 0.272 e. The molecule has 8 nitrogen and oxygen atoms in total. The zero-order chi connectivity index (χ0) is 24.6. The summed E-state index contributed by atoms with van der Waals surface area (Å²) in [6.07, 6.45) is 7.37. The van der Waals surface area contributed by atoms with Crippen LogP contribution in [0.5, 0.6) is 0 Å². The van der Waals surface area contributed by atoms with Gasteiger partial charge in [-0.1, -0.05) is 20.8 Å². The van der Waals surface area contributed by atoms with Crippen LogP contribution in [0.25, 0.3) is 11.0 Å². The van der Waals surface area contributed by atoms with Crippen LogP contribution in [-0.2, 0) is 17.6 Å². The number of aryl methyl sites for hydroxylation is 2. The molecule has 0 aliphatic heterocycles. The van der Waals surface area contributed by atoms with Gasteiger partial charge in [0.15, 0.2) is 8.32 Å². The molecule has 0 saturated carbocycles. The molecule has 0 radical (unpaired) electrons. The van der Waals surface area contributed by atoms with E-state index in [4.69, 9.17) is 9.53 Å². The van der Waals surface area contributed by atoms with Crippen LogP contribution in [0.4, 0.5) is 0 Å². The predicted octanol–water partition coefficient (Wildman–Crippen LogP) is 3.89. The minimum Gasteiger partial charge on any atom is -0.411 e. The minimum atomic E-state index is -1.80. The van der Waals surface area contributed by atoms with Crippen LogP contribution in [0.15, 0.2) is 46.5 Å². The summed E-state index contributed by atoms with van der Waals surface area (Å²) >= 11 is 0. The van der Waals surface area contributed by atoms with Crippen molar-refractivity contribution in [1.29, 1.82) is 0 Å². The highest BCUT2D eigenvalue weighted by atomic mass is 28.4. The second kappa shape index (κ2) is 9.16. The fraction of sp³-hybridized carbons (Fsp3) is 0.417. The van der Waals surface area contributed by atoms with E-state index in [1.165, 1.54) is 0 Å². The van der Waals surface area contributed by atoms with Crippen molar-refractivity contribution < 1.29 is 9.53 Å². The fourth-order valence-electron chi connectivity index (χ4n) is 3.35. The first-order valence-electron chi connectivity index (χ1n) is 11.0. The number of nitrogens with one attached hydrogen (secondary N) is 2. The van der Waals surface area contributed by atoms with Crippen LogP contribution in [0.3, 0.4) is 0 Å². The van der Waals surface area contributed by atoms with E-state index in [1.54, 1.807) is 16.8 Å². The number of aromatic amines is 2. The van der Waals surface area contributed by atoms with Gasteiger partial charge >= 0.3 is 0 Å². The molecule has 0 amide bonds. The molecule has 0 aliphatic rings. The molecular formula is C24H34N4O4Si. The molecule has 0 fully saturated rings. The van der Waals surface area contributed by atoms with Crippen LogP contribution >= 0.6 is 0 Å². The summed E-state index contributed by atoms with van der Waals surface area (Å²) in [6, 6.07) is 3.81. The zero-order valence-electron chi connectivity index (χ0n) is 20.4. The Bertz CT molecular complexity index is 1390. The van der Waals surface area contributed by atoms with Crippen molar-refractivity contribution in [2.24, 2.45) is 0 Å². The summed E-state index contributed by atoms with van der Waals surface area (Å²) in [7, 11) is -1.80. The molecule has 0 unspecified atom stereocenters. The first-order chi connectivity index (χ1) is 15.3. The minimum absolute atomic E-state index is 0.0520. The molecule has 4 rings (SSSR count). The van der Waals surface area contributed by atoms with Gasteiger partial charge in [-0.25, -0.2) is 0 Å². The van der Waals surface area contributed by atoms with E-state index in [-0.39, 0.29) is 22.8 Å². The van der Waals surface area contributed by atoms with Gasteiger partial charge < -0.3 is 28.3 Å². The van der Waals surface area contributed by atoms with E-state index >= 15 is 0 Å². The summed E-state index contributed by atoms with van der Waals surface area (Å²) in [4.78, 5) is 29.1. The number of H-pyrrole nitrogens is 2. The summed E-state index contributed by atoms with van der Waals surface area (Å²) in [5.41, 5.74) is 4.40. The highest BCUT2D eigenvalue weighted by Crippen LogP contribution is 2.36. The number of aliphatic hydroxyl groups is 1. The van der Waals surface area contributed by atoms with Crippen molar-refractivity contribution in [3.05, 3.63) is 80.1 Å². The monoisotopic (exact) mass is 470 g/mol. The highest BCUT2D eigenvalue weighted by Gasteiger charge is 2.37. The molecule has 0 saturated heterocycles. The van der Waals surface area contributed by atoms with E-state index in [2.05, 4.69) is 43.8 Å². The molecule has 0 atom stereocenters. The lowest BCUT2D eigenvalue weighted by Crippen LogP contribution is -2.40. The Morgan fingerprint density at radius 1 is 0.909 bits per heavy atom. The molecule has 0 aromatic carbocycles. The number of aliphatic hydroxyl groups excluding tert-OH is 1. The molecule has 3 N–H and O–H groups in total. The first-order valence-corrected chi connectivity index (χ1v) is 13.9. The van der Waals surface area contributed by atoms with Gasteiger partial charge in [0, 0.05) is 24.8 Å². The molecular weight excluding hydrogens is 436 g/mol. The Balaban J connectivity index is 0.000000203. The highest BCUT2D eigenvalue weighted by molar-refractivity contribution is 6.74. The molecule has 4 heterocycles. The number of fused-ring (bicyclic) bond motifs is 2. The maximum atomic E-state index is 12.1. The number of rotatable bonds is 4. The van der Waals surface area contributed by atoms with Gasteiger partial charge in [0.1, 0.15) is 11.0 Å². The van der Waals surface area contributed by atoms with Crippen molar-refractivity contribution in [1.82, 2.24) is 18.8 Å². The lowest BCUT2D eigenvalue weighted by molar-refractivity contribution is 0.271. The molecule has 0 spiro atoms. The number of nitrogens with zero attached hydrogens (tertiary/aromatic N) is 2. The topological polar surface area (TPSA) is 104 Å². The van der Waals surface area contributed by atoms with Crippen molar-refractivity contribution >= 4 is 19.4 Å². The van der Waals surface area contributed by atoms with Gasteiger partial charge in [0.2, 0.25) is 0 Å². The number of aromatic nitrogens is 4. The third kappa shape index (κ3) is 5.21. The Labute approximate surface area is 194 Å². The van der Waals surface area contributed by atoms with Crippen molar-refractivity contribution in [3.8, 4) is 0 Å². The molecule has 9 heteroatoms. The molecule has 33 heavy (non-hydrogen) atoms. The summed E-state index contributed by atoms with van der Waals surface area (Å²) < 4.78 is 9.74. The fourth-order valence-corrected chi connectivity index (χ4v) is 4.29. The quantitative estimate of drug-likeness (QED) is 0.394. The van der Waals surface area contributed by atoms with Crippen molar-refractivity contribution in [2.45, 2.75) is 66.0 Å². The average molecular weight is 471 g/mol. The second-order valence-electron chi connectivity index (χ2n) is 9.93. The van der Waals surface area contributed by atoms with Gasteiger partial charge in [0.25, 0.3) is 11.1 Å².